The molecule has 1 aliphatic heterocycles. The van der Waals surface area contributed by atoms with E-state index in [4.69, 9.17) is 21.1 Å². The van der Waals surface area contributed by atoms with Gasteiger partial charge in [0.15, 0.2) is 11.5 Å². The molecule has 5 rings (SSSR count). The largest absolute Gasteiger partial charge is 0.493 e. The van der Waals surface area contributed by atoms with E-state index in [2.05, 4.69) is 25.9 Å². The van der Waals surface area contributed by atoms with Crippen molar-refractivity contribution in [2.24, 2.45) is 0 Å². The molecule has 2 aliphatic rings. The molecular weight excluding hydrogens is 523 g/mol. The Morgan fingerprint density at radius 2 is 2.00 bits per heavy atom. The number of nitrogens with zero attached hydrogens (tertiary/aromatic N) is 3. The van der Waals surface area contributed by atoms with Gasteiger partial charge in [-0.2, -0.15) is 0 Å². The van der Waals surface area contributed by atoms with Gasteiger partial charge >= 0.3 is 6.03 Å². The summed E-state index contributed by atoms with van der Waals surface area (Å²) in [6.45, 7) is 3.30. The molecule has 0 unspecified atom stereocenters. The molecule has 0 radical (unpaired) electrons. The second-order valence-electron chi connectivity index (χ2n) is 9.97. The van der Waals surface area contributed by atoms with Crippen LogP contribution in [0, 0.1) is 5.82 Å². The van der Waals surface area contributed by atoms with Gasteiger partial charge in [0.2, 0.25) is 0 Å². The normalized spacial score (nSPS) is 19.6. The topological polar surface area (TPSA) is 101 Å². The first kappa shape index (κ1) is 27.2. The van der Waals surface area contributed by atoms with E-state index >= 15 is 0 Å². The molecule has 39 heavy (non-hydrogen) atoms. The molecule has 0 atom stereocenters. The van der Waals surface area contributed by atoms with Crippen LogP contribution in [0.5, 0.6) is 11.5 Å². The van der Waals surface area contributed by atoms with Crippen LogP contribution in [0.3, 0.4) is 0 Å². The van der Waals surface area contributed by atoms with E-state index in [0.29, 0.717) is 34.6 Å². The summed E-state index contributed by atoms with van der Waals surface area (Å²) < 4.78 is 25.6. The molecular formula is C28H34ClFN6O3. The number of ether oxygens (including phenoxy) is 2. The molecule has 0 spiro atoms. The molecule has 2 fully saturated rings. The molecule has 208 valence electrons. The molecule has 2 amide bonds. The predicted molar refractivity (Wildman–Crippen MR) is 150 cm³/mol. The van der Waals surface area contributed by atoms with Gasteiger partial charge in [0.25, 0.3) is 0 Å². The van der Waals surface area contributed by atoms with E-state index in [-0.39, 0.29) is 17.2 Å². The van der Waals surface area contributed by atoms with Crippen LogP contribution >= 0.6 is 11.6 Å². The van der Waals surface area contributed by atoms with Crippen molar-refractivity contribution < 1.29 is 18.7 Å². The third kappa shape index (κ3) is 6.80. The number of fused-ring (bicyclic) bond motifs is 1. The molecule has 1 aromatic heterocycles. The molecule has 1 saturated heterocycles. The summed E-state index contributed by atoms with van der Waals surface area (Å²) in [6.07, 6.45) is 7.39. The van der Waals surface area contributed by atoms with E-state index in [1.807, 2.05) is 17.0 Å². The fourth-order valence-corrected chi connectivity index (χ4v) is 5.34. The van der Waals surface area contributed by atoms with Crippen molar-refractivity contribution in [3.63, 3.8) is 0 Å². The van der Waals surface area contributed by atoms with Crippen molar-refractivity contribution in [1.29, 1.82) is 0 Å². The number of hydrogen-bond donors (Lipinski definition) is 3. The standard InChI is InChI=1S/C28H34ClFN6O3/c1-38-25-16-24-21(27(34-17-33-24)35-19-6-9-23(30)22(29)14-19)15-26(25)39-20-7-4-18(5-8-20)31-10-2-12-36-13-3-11-32-28(36)37/h6,9,14-18,20,31H,2-5,7-8,10-13H2,1H3,(H,32,37)(H,33,34,35). The Hall–Kier alpha value is -3.37. The number of anilines is 2. The third-order valence-electron chi connectivity index (χ3n) is 7.28. The van der Waals surface area contributed by atoms with Crippen molar-refractivity contribution in [3.8, 4) is 11.5 Å². The summed E-state index contributed by atoms with van der Waals surface area (Å²) in [4.78, 5) is 22.5. The first-order chi connectivity index (χ1) is 19.0. The lowest BCUT2D eigenvalue weighted by molar-refractivity contribution is 0.135. The minimum absolute atomic E-state index is 0.0311. The fourth-order valence-electron chi connectivity index (χ4n) is 5.16. The summed E-state index contributed by atoms with van der Waals surface area (Å²) in [7, 11) is 1.61. The van der Waals surface area contributed by atoms with E-state index in [1.54, 1.807) is 13.2 Å². The van der Waals surface area contributed by atoms with Gasteiger partial charge in [-0.05, 0) is 69.3 Å². The van der Waals surface area contributed by atoms with E-state index < -0.39 is 5.82 Å². The average molecular weight is 557 g/mol. The highest BCUT2D eigenvalue weighted by Gasteiger charge is 2.24. The smallest absolute Gasteiger partial charge is 0.317 e. The van der Waals surface area contributed by atoms with Crippen LogP contribution in [0.15, 0.2) is 36.7 Å². The molecule has 2 aromatic carbocycles. The molecule has 3 aromatic rings. The van der Waals surface area contributed by atoms with Crippen molar-refractivity contribution in [2.45, 2.75) is 50.7 Å². The third-order valence-corrected chi connectivity index (χ3v) is 7.57. The van der Waals surface area contributed by atoms with Gasteiger partial charge in [-0.3, -0.25) is 0 Å². The summed E-state index contributed by atoms with van der Waals surface area (Å²) in [5.41, 5.74) is 1.31. The highest BCUT2D eigenvalue weighted by molar-refractivity contribution is 6.31. The Labute approximate surface area is 232 Å². The molecule has 1 aliphatic carbocycles. The van der Waals surface area contributed by atoms with Crippen LogP contribution in [-0.4, -0.2) is 66.3 Å². The predicted octanol–water partition coefficient (Wildman–Crippen LogP) is 5.26. The number of rotatable bonds is 10. The minimum Gasteiger partial charge on any atom is -0.493 e. The van der Waals surface area contributed by atoms with E-state index in [9.17, 15) is 9.18 Å². The van der Waals surface area contributed by atoms with Crippen molar-refractivity contribution in [3.05, 3.63) is 47.5 Å². The number of benzene rings is 2. The summed E-state index contributed by atoms with van der Waals surface area (Å²) in [5.74, 6) is 1.33. The van der Waals surface area contributed by atoms with E-state index in [1.165, 1.54) is 18.5 Å². The van der Waals surface area contributed by atoms with Crippen LogP contribution in [0.2, 0.25) is 5.02 Å². The quantitative estimate of drug-likeness (QED) is 0.293. The Morgan fingerprint density at radius 3 is 2.77 bits per heavy atom. The second kappa shape index (κ2) is 12.7. The maximum Gasteiger partial charge on any atom is 0.317 e. The van der Waals surface area contributed by atoms with E-state index in [0.717, 1.165) is 70.1 Å². The zero-order valence-corrected chi connectivity index (χ0v) is 22.8. The number of hydrogen-bond acceptors (Lipinski definition) is 7. The van der Waals surface area contributed by atoms with Gasteiger partial charge in [-0.15, -0.1) is 0 Å². The monoisotopic (exact) mass is 556 g/mol. The number of nitrogens with one attached hydrogen (secondary N) is 3. The van der Waals surface area contributed by atoms with Crippen LogP contribution in [0.1, 0.15) is 38.5 Å². The van der Waals surface area contributed by atoms with Crippen molar-refractivity contribution >= 4 is 40.0 Å². The van der Waals surface area contributed by atoms with Gasteiger partial charge in [0.1, 0.15) is 18.0 Å². The van der Waals surface area contributed by atoms with Crippen LogP contribution in [0.4, 0.5) is 20.7 Å². The SMILES string of the molecule is COc1cc2ncnc(Nc3ccc(F)c(Cl)c3)c2cc1OC1CCC(NCCCN2CCCNC2=O)CC1. The average Bonchev–Trinajstić information content (AvgIpc) is 2.95. The number of urea groups is 1. The van der Waals surface area contributed by atoms with Crippen LogP contribution in [0.25, 0.3) is 10.9 Å². The second-order valence-corrected chi connectivity index (χ2v) is 10.4. The molecule has 11 heteroatoms. The zero-order valence-electron chi connectivity index (χ0n) is 22.0. The number of methoxy groups -OCH3 is 1. The van der Waals surface area contributed by atoms with Gasteiger partial charge in [0.05, 0.1) is 23.8 Å². The number of aromatic nitrogens is 2. The zero-order chi connectivity index (χ0) is 27.2. The molecule has 9 nitrogen and oxygen atoms in total. The molecule has 2 heterocycles. The fraction of sp³-hybridized carbons (Fsp3) is 0.464. The Kier molecular flexibility index (Phi) is 8.83. The van der Waals surface area contributed by atoms with Crippen LogP contribution < -0.4 is 25.4 Å². The number of halogens is 2. The Morgan fingerprint density at radius 1 is 1.15 bits per heavy atom. The lowest BCUT2D eigenvalue weighted by atomic mass is 9.93. The maximum absolute atomic E-state index is 13.6. The summed E-state index contributed by atoms with van der Waals surface area (Å²) >= 11 is 5.95. The molecule has 0 bridgehead atoms. The van der Waals surface area contributed by atoms with Crippen molar-refractivity contribution in [2.75, 3.05) is 38.6 Å². The number of carbonyl (C=O) groups excluding carboxylic acids is 1. The first-order valence-corrected chi connectivity index (χ1v) is 13.9. The summed E-state index contributed by atoms with van der Waals surface area (Å²) in [5, 5.41) is 10.5. The number of carbonyl (C=O) groups is 1. The van der Waals surface area contributed by atoms with Crippen molar-refractivity contribution in [1.82, 2.24) is 25.5 Å². The highest BCUT2D eigenvalue weighted by atomic mass is 35.5. The van der Waals surface area contributed by atoms with Gasteiger partial charge in [0, 0.05) is 42.8 Å². The van der Waals surface area contributed by atoms with Crippen LogP contribution in [-0.2, 0) is 0 Å². The minimum atomic E-state index is -0.480. The Bertz CT molecular complexity index is 1300. The van der Waals surface area contributed by atoms with Gasteiger partial charge < -0.3 is 30.3 Å². The molecule has 1 saturated carbocycles. The van der Waals surface area contributed by atoms with Gasteiger partial charge in [-0.1, -0.05) is 11.6 Å². The first-order valence-electron chi connectivity index (χ1n) is 13.5. The highest BCUT2D eigenvalue weighted by Crippen LogP contribution is 2.37. The summed E-state index contributed by atoms with van der Waals surface area (Å²) in [6, 6.07) is 8.66. The van der Waals surface area contributed by atoms with Gasteiger partial charge in [-0.25, -0.2) is 19.2 Å². The molecule has 3 N–H and O–H groups in total. The lowest BCUT2D eigenvalue weighted by Gasteiger charge is -2.31. The maximum atomic E-state index is 13.6. The number of amides is 2. The Balaban J connectivity index is 1.18. The lowest BCUT2D eigenvalue weighted by Crippen LogP contribution is -2.47.